The SMILES string of the molecule is BrC1(c2c[nH]c3ccccc23)C=CC=CN1. The first-order valence-electron chi connectivity index (χ1n) is 5.17. The molecule has 0 spiro atoms. The summed E-state index contributed by atoms with van der Waals surface area (Å²) < 4.78 is -0.304. The summed E-state index contributed by atoms with van der Waals surface area (Å²) in [6.07, 6.45) is 10.1. The smallest absolute Gasteiger partial charge is 0.139 e. The fourth-order valence-electron chi connectivity index (χ4n) is 2.00. The van der Waals surface area contributed by atoms with Crippen molar-refractivity contribution >= 4 is 26.8 Å². The van der Waals surface area contributed by atoms with Crippen LogP contribution in [0.15, 0.2) is 54.9 Å². The van der Waals surface area contributed by atoms with Gasteiger partial charge in [-0.05, 0) is 24.4 Å². The van der Waals surface area contributed by atoms with E-state index in [1.54, 1.807) is 0 Å². The quantitative estimate of drug-likeness (QED) is 0.606. The number of hydrogen-bond acceptors (Lipinski definition) is 1. The van der Waals surface area contributed by atoms with Crippen LogP contribution in [0.2, 0.25) is 0 Å². The highest BCUT2D eigenvalue weighted by atomic mass is 79.9. The fraction of sp³-hybridized carbons (Fsp3) is 0.0769. The van der Waals surface area contributed by atoms with E-state index in [0.29, 0.717) is 0 Å². The lowest BCUT2D eigenvalue weighted by Gasteiger charge is -2.26. The maximum Gasteiger partial charge on any atom is 0.139 e. The van der Waals surface area contributed by atoms with E-state index in [1.165, 1.54) is 10.9 Å². The van der Waals surface area contributed by atoms with Gasteiger partial charge in [-0.25, -0.2) is 0 Å². The highest BCUT2D eigenvalue weighted by Gasteiger charge is 2.28. The third kappa shape index (κ3) is 1.39. The first kappa shape index (κ1) is 9.73. The second kappa shape index (κ2) is 3.52. The lowest BCUT2D eigenvalue weighted by molar-refractivity contribution is 0.701. The predicted molar refractivity (Wildman–Crippen MR) is 70.3 cm³/mol. The van der Waals surface area contributed by atoms with Gasteiger partial charge in [-0.15, -0.1) is 0 Å². The number of hydrogen-bond donors (Lipinski definition) is 2. The van der Waals surface area contributed by atoms with Gasteiger partial charge in [-0.3, -0.25) is 0 Å². The molecule has 1 aliphatic rings. The number of alkyl halides is 1. The molecule has 1 aromatic heterocycles. The lowest BCUT2D eigenvalue weighted by Crippen LogP contribution is -2.31. The van der Waals surface area contributed by atoms with E-state index in [2.05, 4.69) is 50.5 Å². The number of H-pyrrole nitrogens is 1. The molecule has 0 radical (unpaired) electrons. The van der Waals surface area contributed by atoms with Crippen molar-refractivity contribution in [2.24, 2.45) is 0 Å². The molecule has 0 fully saturated rings. The van der Waals surface area contributed by atoms with Gasteiger partial charge < -0.3 is 10.3 Å². The Morgan fingerprint density at radius 3 is 2.81 bits per heavy atom. The van der Waals surface area contributed by atoms with E-state index in [4.69, 9.17) is 0 Å². The maximum atomic E-state index is 3.74. The lowest BCUT2D eigenvalue weighted by atomic mass is 10.0. The number of para-hydroxylation sites is 1. The van der Waals surface area contributed by atoms with Gasteiger partial charge in [-0.2, -0.15) is 0 Å². The molecule has 0 aliphatic carbocycles. The van der Waals surface area contributed by atoms with Gasteiger partial charge in [-0.1, -0.05) is 40.2 Å². The van der Waals surface area contributed by atoms with Crippen LogP contribution in [0, 0.1) is 0 Å². The first-order chi connectivity index (χ1) is 7.80. The van der Waals surface area contributed by atoms with E-state index in [-0.39, 0.29) is 4.45 Å². The topological polar surface area (TPSA) is 27.8 Å². The molecule has 1 unspecified atom stereocenters. The number of benzene rings is 1. The Bertz CT molecular complexity index is 582. The molecular formula is C13H11BrN2. The molecule has 0 saturated heterocycles. The Morgan fingerprint density at radius 2 is 2.00 bits per heavy atom. The van der Waals surface area contributed by atoms with E-state index < -0.39 is 0 Å². The van der Waals surface area contributed by atoms with Crippen LogP contribution in [0.5, 0.6) is 0 Å². The largest absolute Gasteiger partial charge is 0.369 e. The number of aromatic amines is 1. The predicted octanol–water partition coefficient (Wildman–Crippen LogP) is 3.39. The van der Waals surface area contributed by atoms with Crippen molar-refractivity contribution in [3.05, 3.63) is 60.5 Å². The molecule has 3 heteroatoms. The fourth-order valence-corrected chi connectivity index (χ4v) is 2.61. The van der Waals surface area contributed by atoms with E-state index >= 15 is 0 Å². The van der Waals surface area contributed by atoms with Crippen molar-refractivity contribution in [2.75, 3.05) is 0 Å². The van der Waals surface area contributed by atoms with Gasteiger partial charge in [0.25, 0.3) is 0 Å². The summed E-state index contributed by atoms with van der Waals surface area (Å²) in [5.41, 5.74) is 2.35. The summed E-state index contributed by atoms with van der Waals surface area (Å²) in [6.45, 7) is 0. The van der Waals surface area contributed by atoms with Crippen molar-refractivity contribution in [1.29, 1.82) is 0 Å². The zero-order valence-corrected chi connectivity index (χ0v) is 10.2. The second-order valence-corrected chi connectivity index (χ2v) is 5.07. The van der Waals surface area contributed by atoms with Crippen LogP contribution in [-0.4, -0.2) is 4.98 Å². The highest BCUT2D eigenvalue weighted by Crippen LogP contribution is 2.36. The molecule has 2 aromatic rings. The number of rotatable bonds is 1. The minimum atomic E-state index is -0.304. The van der Waals surface area contributed by atoms with Crippen LogP contribution in [0.25, 0.3) is 10.9 Å². The zero-order valence-electron chi connectivity index (χ0n) is 8.57. The third-order valence-corrected chi connectivity index (χ3v) is 3.73. The van der Waals surface area contributed by atoms with Crippen molar-refractivity contribution < 1.29 is 0 Å². The molecule has 3 rings (SSSR count). The van der Waals surface area contributed by atoms with Gasteiger partial charge in [0, 0.05) is 22.7 Å². The van der Waals surface area contributed by atoms with E-state index in [0.717, 1.165) is 5.52 Å². The summed E-state index contributed by atoms with van der Waals surface area (Å²) in [5.74, 6) is 0. The molecule has 2 nitrogen and oxygen atoms in total. The van der Waals surface area contributed by atoms with Crippen LogP contribution >= 0.6 is 15.9 Å². The normalized spacial score (nSPS) is 23.6. The number of halogens is 1. The molecule has 2 heterocycles. The molecule has 1 aliphatic heterocycles. The molecule has 80 valence electrons. The van der Waals surface area contributed by atoms with Gasteiger partial charge in [0.2, 0.25) is 0 Å². The molecular weight excluding hydrogens is 264 g/mol. The minimum absolute atomic E-state index is 0.304. The van der Waals surface area contributed by atoms with Crippen LogP contribution in [-0.2, 0) is 4.45 Å². The highest BCUT2D eigenvalue weighted by molar-refractivity contribution is 9.09. The Hall–Kier alpha value is -1.48. The maximum absolute atomic E-state index is 3.74. The Balaban J connectivity index is 2.19. The molecule has 0 bridgehead atoms. The Labute approximate surface area is 102 Å². The summed E-state index contributed by atoms with van der Waals surface area (Å²) in [4.78, 5) is 3.28. The number of nitrogens with one attached hydrogen (secondary N) is 2. The summed E-state index contributed by atoms with van der Waals surface area (Å²) >= 11 is 3.74. The van der Waals surface area contributed by atoms with Crippen LogP contribution < -0.4 is 5.32 Å². The zero-order chi connectivity index (χ0) is 11.0. The number of dihydropyridines is 1. The first-order valence-corrected chi connectivity index (χ1v) is 5.96. The Kier molecular flexibility index (Phi) is 2.14. The minimum Gasteiger partial charge on any atom is -0.369 e. The van der Waals surface area contributed by atoms with Crippen molar-refractivity contribution in [1.82, 2.24) is 10.3 Å². The van der Waals surface area contributed by atoms with Crippen LogP contribution in [0.1, 0.15) is 5.56 Å². The van der Waals surface area contributed by atoms with Gasteiger partial charge in [0.15, 0.2) is 0 Å². The van der Waals surface area contributed by atoms with Crippen LogP contribution in [0.3, 0.4) is 0 Å². The Morgan fingerprint density at radius 1 is 1.12 bits per heavy atom. The van der Waals surface area contributed by atoms with Crippen LogP contribution in [0.4, 0.5) is 0 Å². The summed E-state index contributed by atoms with van der Waals surface area (Å²) in [6, 6.07) is 8.29. The number of allylic oxidation sites excluding steroid dienone is 2. The summed E-state index contributed by atoms with van der Waals surface area (Å²) in [5, 5.41) is 4.55. The average molecular weight is 275 g/mol. The van der Waals surface area contributed by atoms with Crippen molar-refractivity contribution in [2.45, 2.75) is 4.45 Å². The molecule has 2 N–H and O–H groups in total. The third-order valence-electron chi connectivity index (χ3n) is 2.81. The molecule has 1 aromatic carbocycles. The number of aromatic nitrogens is 1. The molecule has 16 heavy (non-hydrogen) atoms. The monoisotopic (exact) mass is 274 g/mol. The van der Waals surface area contributed by atoms with E-state index in [1.807, 2.05) is 30.6 Å². The second-order valence-electron chi connectivity index (χ2n) is 3.82. The average Bonchev–Trinajstić information content (AvgIpc) is 2.74. The van der Waals surface area contributed by atoms with E-state index in [9.17, 15) is 0 Å². The molecule has 0 amide bonds. The van der Waals surface area contributed by atoms with Gasteiger partial charge in [0.05, 0.1) is 0 Å². The summed E-state index contributed by atoms with van der Waals surface area (Å²) in [7, 11) is 0. The molecule has 0 saturated carbocycles. The van der Waals surface area contributed by atoms with Gasteiger partial charge >= 0.3 is 0 Å². The van der Waals surface area contributed by atoms with Crippen molar-refractivity contribution in [3.63, 3.8) is 0 Å². The standard InChI is InChI=1S/C13H11BrN2/c14-13(7-3-4-8-16-13)11-9-15-12-6-2-1-5-10(11)12/h1-9,15-16H. The number of fused-ring (bicyclic) bond motifs is 1. The van der Waals surface area contributed by atoms with Crippen molar-refractivity contribution in [3.8, 4) is 0 Å². The van der Waals surface area contributed by atoms with Gasteiger partial charge in [0.1, 0.15) is 4.45 Å². The molecule has 1 atom stereocenters.